The molecule has 1 unspecified atom stereocenters. The van der Waals surface area contributed by atoms with Crippen LogP contribution in [0.1, 0.15) is 23.7 Å². The molecule has 1 atom stereocenters. The van der Waals surface area contributed by atoms with E-state index in [9.17, 15) is 9.90 Å². The van der Waals surface area contributed by atoms with Gasteiger partial charge in [0.05, 0.1) is 5.60 Å². The van der Waals surface area contributed by atoms with E-state index in [1.807, 2.05) is 22.9 Å². The Kier molecular flexibility index (Phi) is 3.43. The van der Waals surface area contributed by atoms with Crippen molar-refractivity contribution in [3.05, 3.63) is 47.0 Å². The molecule has 1 fully saturated rings. The Morgan fingerprint density at radius 1 is 1.38 bits per heavy atom. The van der Waals surface area contributed by atoms with Gasteiger partial charge in [0.1, 0.15) is 0 Å². The molecule has 0 bridgehead atoms. The van der Waals surface area contributed by atoms with Crippen LogP contribution in [0.4, 0.5) is 0 Å². The predicted octanol–water partition coefficient (Wildman–Crippen LogP) is 2.13. The Hall–Kier alpha value is -1.92. The molecule has 1 aromatic heterocycles. The van der Waals surface area contributed by atoms with Gasteiger partial charge in [-0.1, -0.05) is 0 Å². The number of aromatic nitrogens is 2. The maximum atomic E-state index is 12.4. The summed E-state index contributed by atoms with van der Waals surface area (Å²) < 4.78 is 2.45. The lowest BCUT2D eigenvalue weighted by Crippen LogP contribution is -2.33. The summed E-state index contributed by atoms with van der Waals surface area (Å²) in [4.78, 5) is 17.0. The van der Waals surface area contributed by atoms with E-state index in [0.717, 1.165) is 5.69 Å². The number of carbonyl (C=O) groups is 1. The molecule has 0 saturated carbocycles. The zero-order chi connectivity index (χ0) is 15.0. The van der Waals surface area contributed by atoms with Crippen LogP contribution < -0.4 is 0 Å². The van der Waals surface area contributed by atoms with Gasteiger partial charge in [0, 0.05) is 36.7 Å². The van der Waals surface area contributed by atoms with E-state index >= 15 is 0 Å². The molecule has 2 aromatic rings. The van der Waals surface area contributed by atoms with Gasteiger partial charge in [0.25, 0.3) is 5.91 Å². The molecule has 1 amide bonds. The summed E-state index contributed by atoms with van der Waals surface area (Å²) in [6, 6.07) is 7.31. The van der Waals surface area contributed by atoms with Gasteiger partial charge in [-0.3, -0.25) is 9.36 Å². The largest absolute Gasteiger partial charge is 0.388 e. The summed E-state index contributed by atoms with van der Waals surface area (Å²) in [5.41, 5.74) is 0.762. The fourth-order valence-corrected chi connectivity index (χ4v) is 2.82. The van der Waals surface area contributed by atoms with E-state index < -0.39 is 5.60 Å². The molecule has 0 radical (unpaired) electrons. The van der Waals surface area contributed by atoms with Crippen molar-refractivity contribution in [2.24, 2.45) is 0 Å². The number of hydrogen-bond donors (Lipinski definition) is 2. The van der Waals surface area contributed by atoms with Gasteiger partial charge in [-0.2, -0.15) is 0 Å². The molecule has 21 heavy (non-hydrogen) atoms. The average Bonchev–Trinajstić information content (AvgIpc) is 3.04. The number of rotatable bonds is 2. The molecule has 1 aliphatic rings. The number of amides is 1. The Labute approximate surface area is 127 Å². The number of nitrogens with zero attached hydrogens (tertiary/aromatic N) is 2. The quantitative estimate of drug-likeness (QED) is 0.836. The van der Waals surface area contributed by atoms with Crippen LogP contribution in [-0.2, 0) is 0 Å². The molecule has 3 rings (SSSR count). The maximum absolute atomic E-state index is 12.4. The molecule has 1 aromatic carbocycles. The van der Waals surface area contributed by atoms with Crippen LogP contribution in [0.2, 0.25) is 0 Å². The summed E-state index contributed by atoms with van der Waals surface area (Å²) in [5.74, 6) is -0.0445. The average molecular weight is 303 g/mol. The first-order chi connectivity index (χ1) is 9.96. The van der Waals surface area contributed by atoms with Gasteiger partial charge in [-0.15, -0.1) is 0 Å². The second-order valence-electron chi connectivity index (χ2n) is 5.66. The van der Waals surface area contributed by atoms with Gasteiger partial charge >= 0.3 is 0 Å². The second kappa shape index (κ2) is 5.13. The first kappa shape index (κ1) is 14.0. The lowest BCUT2D eigenvalue weighted by molar-refractivity contribution is 0.0572. The number of hydrogen-bond acceptors (Lipinski definition) is 3. The van der Waals surface area contributed by atoms with Gasteiger partial charge < -0.3 is 15.0 Å². The minimum absolute atomic E-state index is 0.0445. The van der Waals surface area contributed by atoms with E-state index in [0.29, 0.717) is 29.8 Å². The molecule has 0 spiro atoms. The Morgan fingerprint density at radius 2 is 2.10 bits per heavy atom. The third kappa shape index (κ3) is 2.77. The zero-order valence-electron chi connectivity index (χ0n) is 11.7. The van der Waals surface area contributed by atoms with Crippen LogP contribution in [-0.4, -0.2) is 44.2 Å². The van der Waals surface area contributed by atoms with Crippen molar-refractivity contribution in [1.29, 1.82) is 0 Å². The van der Waals surface area contributed by atoms with Crippen LogP contribution in [0.15, 0.2) is 36.7 Å². The fourth-order valence-electron chi connectivity index (χ4n) is 2.59. The molecule has 1 aliphatic heterocycles. The third-order valence-electron chi connectivity index (χ3n) is 3.78. The number of aliphatic hydroxyl groups is 1. The maximum Gasteiger partial charge on any atom is 0.253 e. The fraction of sp³-hybridized carbons (Fsp3) is 0.333. The SMILES string of the molecule is CC1(O)CCN(C(=O)c2ccc(-n3cc[nH]c3=S)cc2)C1. The second-order valence-corrected chi connectivity index (χ2v) is 6.04. The highest BCUT2D eigenvalue weighted by molar-refractivity contribution is 7.71. The summed E-state index contributed by atoms with van der Waals surface area (Å²) in [7, 11) is 0. The molecule has 6 heteroatoms. The van der Waals surface area contributed by atoms with Crippen LogP contribution in [0.3, 0.4) is 0 Å². The van der Waals surface area contributed by atoms with E-state index in [-0.39, 0.29) is 5.91 Å². The van der Waals surface area contributed by atoms with Crippen molar-refractivity contribution < 1.29 is 9.90 Å². The van der Waals surface area contributed by atoms with E-state index in [2.05, 4.69) is 4.98 Å². The van der Waals surface area contributed by atoms with Crippen LogP contribution in [0, 0.1) is 4.77 Å². The number of likely N-dealkylation sites (tertiary alicyclic amines) is 1. The lowest BCUT2D eigenvalue weighted by atomic mass is 10.1. The minimum Gasteiger partial charge on any atom is -0.388 e. The van der Waals surface area contributed by atoms with Gasteiger partial charge in [0.2, 0.25) is 0 Å². The highest BCUT2D eigenvalue weighted by atomic mass is 32.1. The van der Waals surface area contributed by atoms with Crippen molar-refractivity contribution in [3.8, 4) is 5.69 Å². The minimum atomic E-state index is -0.770. The Balaban J connectivity index is 1.80. The smallest absolute Gasteiger partial charge is 0.253 e. The number of benzene rings is 1. The number of β-amino-alcohol motifs (C(OH)–C–C–N with tert-alkyl or cyclic N) is 1. The molecular formula is C15H17N3O2S. The molecule has 2 heterocycles. The molecule has 5 nitrogen and oxygen atoms in total. The Morgan fingerprint density at radius 3 is 2.62 bits per heavy atom. The number of H-pyrrole nitrogens is 1. The molecule has 0 aliphatic carbocycles. The molecular weight excluding hydrogens is 286 g/mol. The van der Waals surface area contributed by atoms with E-state index in [4.69, 9.17) is 12.2 Å². The normalized spacial score (nSPS) is 21.7. The summed E-state index contributed by atoms with van der Waals surface area (Å²) >= 11 is 5.17. The van der Waals surface area contributed by atoms with Crippen LogP contribution in [0.5, 0.6) is 0 Å². The van der Waals surface area contributed by atoms with Gasteiger partial charge in [-0.05, 0) is 49.8 Å². The Bertz CT molecular complexity index is 715. The van der Waals surface area contributed by atoms with Crippen molar-refractivity contribution in [2.45, 2.75) is 18.9 Å². The van der Waals surface area contributed by atoms with Crippen LogP contribution >= 0.6 is 12.2 Å². The highest BCUT2D eigenvalue weighted by Gasteiger charge is 2.34. The number of nitrogens with one attached hydrogen (secondary N) is 1. The molecule has 1 saturated heterocycles. The van der Waals surface area contributed by atoms with Crippen molar-refractivity contribution in [1.82, 2.24) is 14.5 Å². The third-order valence-corrected chi connectivity index (χ3v) is 4.10. The number of carbonyl (C=O) groups excluding carboxylic acids is 1. The van der Waals surface area contributed by atoms with Crippen LogP contribution in [0.25, 0.3) is 5.69 Å². The summed E-state index contributed by atoms with van der Waals surface area (Å²) in [5, 5.41) is 9.95. The number of aromatic amines is 1. The molecule has 2 N–H and O–H groups in total. The topological polar surface area (TPSA) is 61.3 Å². The van der Waals surface area contributed by atoms with E-state index in [1.54, 1.807) is 30.2 Å². The highest BCUT2D eigenvalue weighted by Crippen LogP contribution is 2.22. The summed E-state index contributed by atoms with van der Waals surface area (Å²) in [6.07, 6.45) is 4.24. The standard InChI is InChI=1S/C15H17N3O2S/c1-15(20)6-8-17(10-15)13(19)11-2-4-12(5-3-11)18-9-7-16-14(18)21/h2-5,7,9,20H,6,8,10H2,1H3,(H,16,21). The first-order valence-electron chi connectivity index (χ1n) is 6.84. The molecule has 110 valence electrons. The zero-order valence-corrected chi connectivity index (χ0v) is 12.6. The first-order valence-corrected chi connectivity index (χ1v) is 7.25. The van der Waals surface area contributed by atoms with Gasteiger partial charge in [0.15, 0.2) is 4.77 Å². The van der Waals surface area contributed by atoms with Crippen molar-refractivity contribution in [3.63, 3.8) is 0 Å². The van der Waals surface area contributed by atoms with E-state index in [1.165, 1.54) is 0 Å². The van der Waals surface area contributed by atoms with Crippen molar-refractivity contribution >= 4 is 18.1 Å². The lowest BCUT2D eigenvalue weighted by Gasteiger charge is -2.19. The summed E-state index contributed by atoms with van der Waals surface area (Å²) in [6.45, 7) is 2.74. The monoisotopic (exact) mass is 303 g/mol. The predicted molar refractivity (Wildman–Crippen MR) is 82.1 cm³/mol. The number of imidazole rings is 1. The van der Waals surface area contributed by atoms with Crippen molar-refractivity contribution in [2.75, 3.05) is 13.1 Å². The van der Waals surface area contributed by atoms with Gasteiger partial charge in [-0.25, -0.2) is 0 Å².